The number of rotatable bonds is 4. The van der Waals surface area contributed by atoms with E-state index in [2.05, 4.69) is 17.1 Å². The number of piperidine rings is 1. The highest BCUT2D eigenvalue weighted by atomic mass is 16.5. The lowest BCUT2D eigenvalue weighted by atomic mass is 9.98. The van der Waals surface area contributed by atoms with Crippen LogP contribution >= 0.6 is 0 Å². The summed E-state index contributed by atoms with van der Waals surface area (Å²) in [5.74, 6) is 1.42. The Morgan fingerprint density at radius 2 is 1.90 bits per heavy atom. The Labute approximate surface area is 171 Å². The summed E-state index contributed by atoms with van der Waals surface area (Å²) in [5, 5.41) is 4.03. The van der Waals surface area contributed by atoms with Crippen LogP contribution < -0.4 is 0 Å². The van der Waals surface area contributed by atoms with Crippen molar-refractivity contribution in [2.24, 2.45) is 5.92 Å². The first-order valence-corrected chi connectivity index (χ1v) is 10.5. The largest absolute Gasteiger partial charge is 0.341 e. The van der Waals surface area contributed by atoms with E-state index in [1.165, 1.54) is 0 Å². The predicted octanol–water partition coefficient (Wildman–Crippen LogP) is 2.84. The van der Waals surface area contributed by atoms with Crippen molar-refractivity contribution in [1.82, 2.24) is 19.9 Å². The van der Waals surface area contributed by atoms with Crippen molar-refractivity contribution < 1.29 is 14.1 Å². The van der Waals surface area contributed by atoms with Gasteiger partial charge in [0.2, 0.25) is 23.5 Å². The maximum atomic E-state index is 13.0. The maximum Gasteiger partial charge on any atom is 0.245 e. The van der Waals surface area contributed by atoms with E-state index in [1.54, 1.807) is 4.90 Å². The number of benzene rings is 1. The van der Waals surface area contributed by atoms with Crippen LogP contribution in [-0.4, -0.2) is 57.4 Å². The number of hydrogen-bond donors (Lipinski definition) is 0. The number of carbonyl (C=O) groups is 2. The first-order valence-electron chi connectivity index (χ1n) is 10.5. The second-order valence-electron chi connectivity index (χ2n) is 8.26. The Bertz CT molecular complexity index is 886. The number of aromatic nitrogens is 2. The molecule has 7 heteroatoms. The van der Waals surface area contributed by atoms with Crippen molar-refractivity contribution in [3.8, 4) is 11.4 Å². The number of hydrogen-bond acceptors (Lipinski definition) is 5. The molecular formula is C22H28N4O3. The molecule has 0 aliphatic carbocycles. The molecule has 2 aromatic rings. The molecule has 7 nitrogen and oxygen atoms in total. The smallest absolute Gasteiger partial charge is 0.245 e. The van der Waals surface area contributed by atoms with E-state index in [1.807, 2.05) is 36.1 Å². The normalized spacial score (nSPS) is 20.3. The van der Waals surface area contributed by atoms with E-state index in [0.717, 1.165) is 49.9 Å². The zero-order chi connectivity index (χ0) is 20.4. The Hall–Kier alpha value is -2.70. The third-order valence-electron chi connectivity index (χ3n) is 6.11. The number of nitrogens with zero attached hydrogens (tertiary/aromatic N) is 4. The van der Waals surface area contributed by atoms with Crippen molar-refractivity contribution in [3.63, 3.8) is 0 Å². The van der Waals surface area contributed by atoms with E-state index in [-0.39, 0.29) is 30.2 Å². The lowest BCUT2D eigenvalue weighted by Crippen LogP contribution is -2.50. The summed E-state index contributed by atoms with van der Waals surface area (Å²) >= 11 is 0. The molecule has 1 atom stereocenters. The molecule has 2 saturated heterocycles. The summed E-state index contributed by atoms with van der Waals surface area (Å²) in [5.41, 5.74) is 1.94. The molecule has 2 fully saturated rings. The summed E-state index contributed by atoms with van der Waals surface area (Å²) in [7, 11) is 0. The van der Waals surface area contributed by atoms with Crippen LogP contribution in [0.2, 0.25) is 0 Å². The zero-order valence-corrected chi connectivity index (χ0v) is 17.1. The molecular weight excluding hydrogens is 368 g/mol. The van der Waals surface area contributed by atoms with Gasteiger partial charge in [0.15, 0.2) is 0 Å². The molecule has 2 amide bonds. The minimum atomic E-state index is -0.352. The fourth-order valence-electron chi connectivity index (χ4n) is 4.25. The first kappa shape index (κ1) is 19.6. The Kier molecular flexibility index (Phi) is 5.65. The van der Waals surface area contributed by atoms with Crippen molar-refractivity contribution in [2.75, 3.05) is 19.6 Å². The number of amides is 2. The molecule has 0 bridgehead atoms. The van der Waals surface area contributed by atoms with E-state index in [9.17, 15) is 9.59 Å². The SMILES string of the molecule is Cc1ccccc1-c1noc(CC(=O)N2CCCC2C(=O)N2CCC(C)CC2)n1. The summed E-state index contributed by atoms with van der Waals surface area (Å²) in [6.45, 7) is 6.41. The molecule has 2 aliphatic heterocycles. The summed E-state index contributed by atoms with van der Waals surface area (Å²) in [4.78, 5) is 33.9. The monoisotopic (exact) mass is 396 g/mol. The third kappa shape index (κ3) is 4.18. The molecule has 29 heavy (non-hydrogen) atoms. The standard InChI is InChI=1S/C22H28N4O3/c1-15-9-12-25(13-10-15)22(28)18-8-5-11-26(18)20(27)14-19-23-21(24-29-19)17-7-4-3-6-16(17)2/h3-4,6-7,15,18H,5,8-14H2,1-2H3. The van der Waals surface area contributed by atoms with Crippen LogP contribution in [0.1, 0.15) is 44.1 Å². The van der Waals surface area contributed by atoms with E-state index >= 15 is 0 Å². The lowest BCUT2D eigenvalue weighted by molar-refractivity contribution is -0.144. The van der Waals surface area contributed by atoms with Gasteiger partial charge in [-0.2, -0.15) is 4.98 Å². The van der Waals surface area contributed by atoms with Crippen molar-refractivity contribution in [3.05, 3.63) is 35.7 Å². The van der Waals surface area contributed by atoms with Gasteiger partial charge in [0.25, 0.3) is 0 Å². The van der Waals surface area contributed by atoms with Gasteiger partial charge in [0.1, 0.15) is 12.5 Å². The van der Waals surface area contributed by atoms with Crippen LogP contribution in [0.4, 0.5) is 0 Å². The van der Waals surface area contributed by atoms with Crippen LogP contribution in [0.25, 0.3) is 11.4 Å². The molecule has 154 valence electrons. The second-order valence-corrected chi connectivity index (χ2v) is 8.26. The van der Waals surface area contributed by atoms with Crippen molar-refractivity contribution in [2.45, 2.75) is 52.0 Å². The minimum absolute atomic E-state index is 0.0275. The maximum absolute atomic E-state index is 13.0. The highest BCUT2D eigenvalue weighted by Crippen LogP contribution is 2.24. The molecule has 3 heterocycles. The van der Waals surface area contributed by atoms with Gasteiger partial charge in [0.05, 0.1) is 0 Å². The quantitative estimate of drug-likeness (QED) is 0.794. The third-order valence-corrected chi connectivity index (χ3v) is 6.11. The summed E-state index contributed by atoms with van der Waals surface area (Å²) in [6, 6.07) is 7.44. The summed E-state index contributed by atoms with van der Waals surface area (Å²) < 4.78 is 5.32. The fourth-order valence-corrected chi connectivity index (χ4v) is 4.25. The van der Waals surface area contributed by atoms with Crippen LogP contribution in [0.5, 0.6) is 0 Å². The van der Waals surface area contributed by atoms with Gasteiger partial charge in [-0.25, -0.2) is 0 Å². The molecule has 4 rings (SSSR count). The Balaban J connectivity index is 1.41. The molecule has 0 spiro atoms. The van der Waals surface area contributed by atoms with Gasteiger partial charge in [-0.15, -0.1) is 0 Å². The number of aryl methyl sites for hydroxylation is 1. The van der Waals surface area contributed by atoms with Crippen molar-refractivity contribution in [1.29, 1.82) is 0 Å². The first-order chi connectivity index (χ1) is 14.0. The second kappa shape index (κ2) is 8.35. The van der Waals surface area contributed by atoms with Crippen LogP contribution in [-0.2, 0) is 16.0 Å². The van der Waals surface area contributed by atoms with Crippen LogP contribution in [0, 0.1) is 12.8 Å². The molecule has 2 aliphatic rings. The van der Waals surface area contributed by atoms with E-state index in [0.29, 0.717) is 18.3 Å². The van der Waals surface area contributed by atoms with Crippen LogP contribution in [0.15, 0.2) is 28.8 Å². The van der Waals surface area contributed by atoms with E-state index in [4.69, 9.17) is 4.52 Å². The highest BCUT2D eigenvalue weighted by Gasteiger charge is 2.37. The van der Waals surface area contributed by atoms with Crippen LogP contribution in [0.3, 0.4) is 0 Å². The van der Waals surface area contributed by atoms with Gasteiger partial charge in [-0.1, -0.05) is 36.3 Å². The molecule has 1 unspecified atom stereocenters. The van der Waals surface area contributed by atoms with Gasteiger partial charge in [0, 0.05) is 25.2 Å². The van der Waals surface area contributed by atoms with E-state index < -0.39 is 0 Å². The highest BCUT2D eigenvalue weighted by molar-refractivity contribution is 5.89. The van der Waals surface area contributed by atoms with Gasteiger partial charge in [-0.05, 0) is 44.1 Å². The average molecular weight is 396 g/mol. The lowest BCUT2D eigenvalue weighted by Gasteiger charge is -2.34. The minimum Gasteiger partial charge on any atom is -0.341 e. The van der Waals surface area contributed by atoms with Crippen molar-refractivity contribution >= 4 is 11.8 Å². The molecule has 1 aromatic heterocycles. The van der Waals surface area contributed by atoms with Gasteiger partial charge in [-0.3, -0.25) is 9.59 Å². The topological polar surface area (TPSA) is 79.5 Å². The Morgan fingerprint density at radius 1 is 1.14 bits per heavy atom. The molecule has 0 saturated carbocycles. The zero-order valence-electron chi connectivity index (χ0n) is 17.1. The predicted molar refractivity (Wildman–Crippen MR) is 108 cm³/mol. The molecule has 0 N–H and O–H groups in total. The fraction of sp³-hybridized carbons (Fsp3) is 0.545. The average Bonchev–Trinajstić information content (AvgIpc) is 3.38. The van der Waals surface area contributed by atoms with Gasteiger partial charge < -0.3 is 14.3 Å². The summed E-state index contributed by atoms with van der Waals surface area (Å²) in [6.07, 6.45) is 3.69. The van der Waals surface area contributed by atoms with Gasteiger partial charge >= 0.3 is 0 Å². The Morgan fingerprint density at radius 3 is 2.66 bits per heavy atom. The number of carbonyl (C=O) groups excluding carboxylic acids is 2. The molecule has 1 aromatic carbocycles. The number of likely N-dealkylation sites (tertiary alicyclic amines) is 2. The molecule has 0 radical (unpaired) electrons.